The molecule has 72 valence electrons. The van der Waals surface area contributed by atoms with E-state index < -0.39 is 5.92 Å². The molecule has 0 saturated heterocycles. The average Bonchev–Trinajstić information content (AvgIpc) is 2.48. The molecule has 0 fully saturated rings. The van der Waals surface area contributed by atoms with Crippen LogP contribution in [0.4, 0.5) is 8.78 Å². The predicted molar refractivity (Wildman–Crippen MR) is 56.0 cm³/mol. The van der Waals surface area contributed by atoms with Crippen molar-refractivity contribution in [2.24, 2.45) is 0 Å². The molecule has 0 bridgehead atoms. The van der Waals surface area contributed by atoms with Crippen LogP contribution < -0.4 is 0 Å². The highest BCUT2D eigenvalue weighted by atomic mass is 33.1. The minimum Gasteiger partial charge on any atom is -0.201 e. The fourth-order valence-electron chi connectivity index (χ4n) is 1.55. The highest BCUT2D eigenvalue weighted by molar-refractivity contribution is 8.69. The molecule has 0 radical (unpaired) electrons. The maximum atomic E-state index is 13.3. The van der Waals surface area contributed by atoms with Crippen LogP contribution in [0.15, 0.2) is 10.3 Å². The minimum absolute atomic E-state index is 0.00654. The van der Waals surface area contributed by atoms with E-state index in [4.69, 9.17) is 0 Å². The number of hydrogen-bond acceptors (Lipinski definition) is 3. The van der Waals surface area contributed by atoms with Gasteiger partial charge in [0.15, 0.2) is 0 Å². The lowest BCUT2D eigenvalue weighted by Crippen LogP contribution is -2.18. The van der Waals surface area contributed by atoms with E-state index in [0.29, 0.717) is 6.42 Å². The Balaban J connectivity index is 2.44. The zero-order valence-corrected chi connectivity index (χ0v) is 9.25. The van der Waals surface area contributed by atoms with Gasteiger partial charge in [-0.1, -0.05) is 10.8 Å². The predicted octanol–water partition coefficient (Wildman–Crippen LogP) is 4.11. The Morgan fingerprint density at radius 1 is 1.54 bits per heavy atom. The van der Waals surface area contributed by atoms with Crippen LogP contribution in [0, 0.1) is 0 Å². The molecule has 0 saturated carbocycles. The Kier molecular flexibility index (Phi) is 2.59. The van der Waals surface area contributed by atoms with Crippen LogP contribution >= 0.6 is 33.8 Å². The summed E-state index contributed by atoms with van der Waals surface area (Å²) in [7, 11) is 1.24. The number of thiophene rings is 1. The number of halogens is 2. The van der Waals surface area contributed by atoms with Crippen LogP contribution in [0.3, 0.4) is 0 Å². The Hall–Kier alpha value is 0.260. The molecule has 1 aliphatic rings. The van der Waals surface area contributed by atoms with Crippen molar-refractivity contribution in [3.63, 3.8) is 0 Å². The van der Waals surface area contributed by atoms with E-state index in [-0.39, 0.29) is 12.0 Å². The zero-order chi connectivity index (χ0) is 9.47. The summed E-state index contributed by atoms with van der Waals surface area (Å²) in [5.74, 6) is -2.61. The van der Waals surface area contributed by atoms with Crippen molar-refractivity contribution < 1.29 is 8.78 Å². The molecule has 0 aliphatic heterocycles. The second-order valence-electron chi connectivity index (χ2n) is 3.05. The van der Waals surface area contributed by atoms with Crippen LogP contribution in [-0.4, -0.2) is 0 Å². The van der Waals surface area contributed by atoms with Gasteiger partial charge in [0, 0.05) is 16.9 Å². The first-order valence-electron chi connectivity index (χ1n) is 3.96. The summed E-state index contributed by atoms with van der Waals surface area (Å²) >= 11 is 5.45. The number of aryl methyl sites for hydroxylation is 1. The summed E-state index contributed by atoms with van der Waals surface area (Å²) in [6, 6.07) is 1.58. The van der Waals surface area contributed by atoms with Gasteiger partial charge in [0.25, 0.3) is 5.92 Å². The lowest BCUT2D eigenvalue weighted by Gasteiger charge is -2.21. The van der Waals surface area contributed by atoms with Crippen LogP contribution in [0.25, 0.3) is 0 Å². The maximum Gasteiger partial charge on any atom is 0.274 e. The minimum atomic E-state index is -2.61. The second-order valence-corrected chi connectivity index (χ2v) is 5.62. The summed E-state index contributed by atoms with van der Waals surface area (Å²) in [5.41, 5.74) is 0.236. The van der Waals surface area contributed by atoms with E-state index in [9.17, 15) is 8.78 Å². The van der Waals surface area contributed by atoms with Gasteiger partial charge < -0.3 is 0 Å². The molecule has 1 heterocycles. The molecule has 1 aromatic heterocycles. The molecule has 1 aliphatic carbocycles. The van der Waals surface area contributed by atoms with Crippen molar-refractivity contribution in [1.82, 2.24) is 0 Å². The summed E-state index contributed by atoms with van der Waals surface area (Å²) in [6.45, 7) is 0. The molecular weight excluding hydrogens is 230 g/mol. The molecule has 1 aromatic rings. The van der Waals surface area contributed by atoms with Crippen LogP contribution in [0.5, 0.6) is 0 Å². The highest BCUT2D eigenvalue weighted by Crippen LogP contribution is 2.46. The topological polar surface area (TPSA) is 0 Å². The molecule has 0 amide bonds. The molecule has 0 spiro atoms. The van der Waals surface area contributed by atoms with Crippen LogP contribution in [0.2, 0.25) is 0 Å². The summed E-state index contributed by atoms with van der Waals surface area (Å²) in [5, 5.41) is 0. The van der Waals surface area contributed by atoms with Crippen molar-refractivity contribution >= 4 is 33.8 Å². The van der Waals surface area contributed by atoms with E-state index in [1.54, 1.807) is 6.07 Å². The van der Waals surface area contributed by atoms with Gasteiger partial charge in [0.05, 0.1) is 4.21 Å². The van der Waals surface area contributed by atoms with E-state index in [1.165, 1.54) is 22.1 Å². The van der Waals surface area contributed by atoms with E-state index in [1.807, 2.05) is 0 Å². The molecular formula is C8H8F2S3. The molecule has 13 heavy (non-hydrogen) atoms. The Morgan fingerprint density at radius 2 is 2.31 bits per heavy atom. The van der Waals surface area contributed by atoms with Crippen LogP contribution in [0.1, 0.15) is 23.3 Å². The summed E-state index contributed by atoms with van der Waals surface area (Å²) in [4.78, 5) is 0.841. The number of hydrogen-bond donors (Lipinski definition) is 1. The first kappa shape index (κ1) is 9.80. The van der Waals surface area contributed by atoms with Crippen molar-refractivity contribution in [3.8, 4) is 0 Å². The van der Waals surface area contributed by atoms with Gasteiger partial charge in [-0.2, -0.15) is 0 Å². The fraction of sp³-hybridized carbons (Fsp3) is 0.500. The van der Waals surface area contributed by atoms with Crippen molar-refractivity contribution in [2.45, 2.75) is 29.4 Å². The Labute approximate surface area is 88.5 Å². The van der Waals surface area contributed by atoms with Gasteiger partial charge in [-0.05, 0) is 18.9 Å². The van der Waals surface area contributed by atoms with Crippen molar-refractivity contribution in [2.75, 3.05) is 0 Å². The van der Waals surface area contributed by atoms with E-state index >= 15 is 0 Å². The molecule has 0 unspecified atom stereocenters. The maximum absolute atomic E-state index is 13.3. The summed E-state index contributed by atoms with van der Waals surface area (Å²) < 4.78 is 27.5. The van der Waals surface area contributed by atoms with Gasteiger partial charge in [0.2, 0.25) is 0 Å². The lowest BCUT2D eigenvalue weighted by molar-refractivity contribution is -0.0209. The summed E-state index contributed by atoms with van der Waals surface area (Å²) in [6.07, 6.45) is 1.38. The first-order valence-corrected chi connectivity index (χ1v) is 6.64. The molecule has 0 nitrogen and oxygen atoms in total. The molecule has 0 atom stereocenters. The lowest BCUT2D eigenvalue weighted by atomic mass is 9.96. The van der Waals surface area contributed by atoms with Gasteiger partial charge >= 0.3 is 0 Å². The van der Waals surface area contributed by atoms with E-state index in [0.717, 1.165) is 15.5 Å². The third-order valence-electron chi connectivity index (χ3n) is 2.17. The smallest absolute Gasteiger partial charge is 0.201 e. The van der Waals surface area contributed by atoms with Crippen LogP contribution in [-0.2, 0) is 12.3 Å². The van der Waals surface area contributed by atoms with Gasteiger partial charge in [-0.25, -0.2) is 8.78 Å². The molecule has 5 heteroatoms. The third-order valence-corrected chi connectivity index (χ3v) is 4.91. The largest absolute Gasteiger partial charge is 0.274 e. The molecule has 0 aromatic carbocycles. The van der Waals surface area contributed by atoms with Gasteiger partial charge in [-0.15, -0.1) is 23.0 Å². The monoisotopic (exact) mass is 238 g/mol. The SMILES string of the molecule is FC1(F)CCCc2sc(SS)cc21. The quantitative estimate of drug-likeness (QED) is 0.567. The first-order chi connectivity index (χ1) is 6.13. The van der Waals surface area contributed by atoms with Gasteiger partial charge in [-0.3, -0.25) is 0 Å². The Morgan fingerprint density at radius 3 is 2.92 bits per heavy atom. The number of thiol groups is 1. The third kappa shape index (κ3) is 1.74. The van der Waals surface area contributed by atoms with Crippen molar-refractivity contribution in [3.05, 3.63) is 16.5 Å². The standard InChI is InChI=1S/C8H8F2S3/c9-8(10)3-1-2-6-5(8)4-7(12-6)13-11/h4,11H,1-3H2. The Bertz CT molecular complexity index is 319. The van der Waals surface area contributed by atoms with Gasteiger partial charge in [0.1, 0.15) is 0 Å². The molecule has 2 rings (SSSR count). The molecule has 0 N–H and O–H groups in total. The number of fused-ring (bicyclic) bond motifs is 1. The highest BCUT2D eigenvalue weighted by Gasteiger charge is 2.38. The number of alkyl halides is 2. The zero-order valence-electron chi connectivity index (χ0n) is 6.72. The fourth-order valence-corrected chi connectivity index (χ4v) is 3.65. The number of rotatable bonds is 1. The average molecular weight is 238 g/mol. The normalized spacial score (nSPS) is 19.9. The van der Waals surface area contributed by atoms with Crippen molar-refractivity contribution in [1.29, 1.82) is 0 Å². The second kappa shape index (κ2) is 3.44. The van der Waals surface area contributed by atoms with E-state index in [2.05, 4.69) is 11.7 Å².